The van der Waals surface area contributed by atoms with Gasteiger partial charge in [0.2, 0.25) is 11.9 Å². The summed E-state index contributed by atoms with van der Waals surface area (Å²) in [6, 6.07) is 1.80. The zero-order valence-electron chi connectivity index (χ0n) is 13.6. The van der Waals surface area contributed by atoms with Gasteiger partial charge in [-0.2, -0.15) is 4.39 Å². The van der Waals surface area contributed by atoms with E-state index in [1.807, 2.05) is 0 Å². The molecule has 1 aliphatic rings. The number of anilines is 1. The molecule has 0 fully saturated rings. The minimum atomic E-state index is -0.887. The molecule has 0 saturated carbocycles. The Balaban J connectivity index is 1.65. The first kappa shape index (κ1) is 17.6. The monoisotopic (exact) mass is 365 g/mol. The number of fused-ring (bicyclic) bond motifs is 1. The van der Waals surface area contributed by atoms with Crippen LogP contribution in [-0.2, 0) is 11.3 Å². The van der Waals surface area contributed by atoms with E-state index in [0.29, 0.717) is 11.8 Å². The maximum Gasteiger partial charge on any atom is 0.322 e. The predicted molar refractivity (Wildman–Crippen MR) is 84.3 cm³/mol. The molecule has 1 atom stereocenters. The molecule has 2 aromatic heterocycles. The second kappa shape index (κ2) is 6.98. The molecule has 0 radical (unpaired) electrons. The van der Waals surface area contributed by atoms with Crippen LogP contribution in [0.25, 0.3) is 0 Å². The predicted octanol–water partition coefficient (Wildman–Crippen LogP) is 2.12. The van der Waals surface area contributed by atoms with Crippen molar-refractivity contribution in [3.63, 3.8) is 0 Å². The topological polar surface area (TPSA) is 87.2 Å². The number of hydrogen-bond donors (Lipinski definition) is 2. The maximum absolute atomic E-state index is 13.7. The number of carbonyl (C=O) groups excluding carboxylic acids is 2. The second-order valence-corrected chi connectivity index (χ2v) is 5.72. The summed E-state index contributed by atoms with van der Waals surface area (Å²) in [5, 5.41) is 4.99. The second-order valence-electron chi connectivity index (χ2n) is 5.72. The molecule has 3 heterocycles. The molecule has 3 rings (SSSR count). The van der Waals surface area contributed by atoms with Gasteiger partial charge < -0.3 is 15.5 Å². The van der Waals surface area contributed by atoms with Gasteiger partial charge in [0.15, 0.2) is 0 Å². The number of pyridine rings is 2. The highest BCUT2D eigenvalue weighted by atomic mass is 19.1. The van der Waals surface area contributed by atoms with Gasteiger partial charge in [-0.05, 0) is 19.1 Å². The van der Waals surface area contributed by atoms with Crippen LogP contribution >= 0.6 is 0 Å². The molecule has 2 aromatic rings. The molecule has 0 aromatic carbocycles. The summed E-state index contributed by atoms with van der Waals surface area (Å²) in [6.45, 7) is 1.07. The van der Waals surface area contributed by atoms with Crippen LogP contribution in [0.15, 0.2) is 24.4 Å². The Morgan fingerprint density at radius 2 is 2.15 bits per heavy atom. The van der Waals surface area contributed by atoms with Crippen molar-refractivity contribution in [1.29, 1.82) is 0 Å². The third kappa shape index (κ3) is 3.73. The maximum atomic E-state index is 13.7. The van der Waals surface area contributed by atoms with E-state index in [2.05, 4.69) is 20.6 Å². The van der Waals surface area contributed by atoms with Crippen molar-refractivity contribution in [3.8, 4) is 0 Å². The molecule has 1 aliphatic heterocycles. The lowest BCUT2D eigenvalue weighted by molar-refractivity contribution is -0.122. The fourth-order valence-electron chi connectivity index (χ4n) is 2.56. The smallest absolute Gasteiger partial charge is 0.322 e. The molecule has 0 spiro atoms. The van der Waals surface area contributed by atoms with E-state index >= 15 is 0 Å². The number of rotatable bonds is 4. The Hall–Kier alpha value is -3.17. The summed E-state index contributed by atoms with van der Waals surface area (Å²) < 4.78 is 39.8. The highest BCUT2D eigenvalue weighted by Gasteiger charge is 2.26. The standard InChI is InChI=1S/C16H14F3N5O2/c1-8(15-10(18)4-9(17)5-20-15)21-14(25)7-24-6-12-11(23-16(24)26)2-3-13(19)22-12/h2-5,8H,6-7H2,1H3,(H,21,25)(H,23,26)/t8-/m0/s1. The van der Waals surface area contributed by atoms with Crippen LogP contribution in [0.3, 0.4) is 0 Å². The van der Waals surface area contributed by atoms with Gasteiger partial charge in [0.1, 0.15) is 18.2 Å². The van der Waals surface area contributed by atoms with Crippen molar-refractivity contribution in [2.24, 2.45) is 0 Å². The normalized spacial score (nSPS) is 14.5. The SMILES string of the molecule is C[C@H](NC(=O)CN1Cc2nc(F)ccc2NC1=O)c1ncc(F)cc1F. The van der Waals surface area contributed by atoms with Crippen molar-refractivity contribution in [2.75, 3.05) is 11.9 Å². The molecule has 0 aliphatic carbocycles. The van der Waals surface area contributed by atoms with Gasteiger partial charge in [0.05, 0.1) is 35.9 Å². The quantitative estimate of drug-likeness (QED) is 0.813. The van der Waals surface area contributed by atoms with Crippen LogP contribution in [-0.4, -0.2) is 33.4 Å². The van der Waals surface area contributed by atoms with Crippen LogP contribution in [0.2, 0.25) is 0 Å². The van der Waals surface area contributed by atoms with E-state index in [0.717, 1.165) is 17.2 Å². The largest absolute Gasteiger partial charge is 0.346 e. The lowest BCUT2D eigenvalue weighted by Crippen LogP contribution is -2.45. The summed E-state index contributed by atoms with van der Waals surface area (Å²) in [5.74, 6) is -3.00. The van der Waals surface area contributed by atoms with Crippen molar-refractivity contribution in [1.82, 2.24) is 20.2 Å². The molecule has 3 amide bonds. The fourth-order valence-corrected chi connectivity index (χ4v) is 2.56. The minimum Gasteiger partial charge on any atom is -0.346 e. The Kier molecular flexibility index (Phi) is 4.74. The summed E-state index contributed by atoms with van der Waals surface area (Å²) >= 11 is 0. The number of carbonyl (C=O) groups is 2. The van der Waals surface area contributed by atoms with Gasteiger partial charge in [-0.1, -0.05) is 0 Å². The number of urea groups is 1. The Morgan fingerprint density at radius 3 is 2.88 bits per heavy atom. The van der Waals surface area contributed by atoms with E-state index in [1.54, 1.807) is 0 Å². The van der Waals surface area contributed by atoms with E-state index in [9.17, 15) is 22.8 Å². The van der Waals surface area contributed by atoms with Crippen molar-refractivity contribution in [2.45, 2.75) is 19.5 Å². The van der Waals surface area contributed by atoms with Crippen LogP contribution in [0, 0.1) is 17.6 Å². The first-order valence-electron chi connectivity index (χ1n) is 7.65. The Bertz CT molecular complexity index is 877. The molecule has 2 N–H and O–H groups in total. The lowest BCUT2D eigenvalue weighted by Gasteiger charge is -2.28. The van der Waals surface area contributed by atoms with E-state index in [1.165, 1.54) is 13.0 Å². The van der Waals surface area contributed by atoms with Crippen molar-refractivity contribution >= 4 is 17.6 Å². The molecular weight excluding hydrogens is 351 g/mol. The molecule has 0 saturated heterocycles. The summed E-state index contributed by atoms with van der Waals surface area (Å²) in [5.41, 5.74) is 0.535. The van der Waals surface area contributed by atoms with Crippen molar-refractivity contribution in [3.05, 3.63) is 53.4 Å². The van der Waals surface area contributed by atoms with Gasteiger partial charge in [0, 0.05) is 6.07 Å². The third-order valence-electron chi connectivity index (χ3n) is 3.77. The lowest BCUT2D eigenvalue weighted by atomic mass is 10.2. The van der Waals surface area contributed by atoms with Crippen molar-refractivity contribution < 1.29 is 22.8 Å². The Labute approximate surface area is 146 Å². The molecule has 10 heteroatoms. The van der Waals surface area contributed by atoms with Gasteiger partial charge in [0.25, 0.3) is 0 Å². The highest BCUT2D eigenvalue weighted by Crippen LogP contribution is 2.21. The summed E-state index contributed by atoms with van der Waals surface area (Å²) in [4.78, 5) is 32.6. The third-order valence-corrected chi connectivity index (χ3v) is 3.77. The highest BCUT2D eigenvalue weighted by molar-refractivity contribution is 5.94. The van der Waals surface area contributed by atoms with Gasteiger partial charge in [-0.3, -0.25) is 9.78 Å². The van der Waals surface area contributed by atoms with Gasteiger partial charge in [-0.25, -0.2) is 18.6 Å². The molecule has 26 heavy (non-hydrogen) atoms. The average molecular weight is 365 g/mol. The number of nitrogens with zero attached hydrogens (tertiary/aromatic N) is 3. The van der Waals surface area contributed by atoms with E-state index < -0.39 is 35.6 Å². The number of amides is 3. The molecule has 136 valence electrons. The zero-order chi connectivity index (χ0) is 18.8. The first-order valence-corrected chi connectivity index (χ1v) is 7.65. The van der Waals surface area contributed by atoms with Gasteiger partial charge >= 0.3 is 6.03 Å². The first-order chi connectivity index (χ1) is 12.3. The molecule has 0 unspecified atom stereocenters. The molecule has 7 nitrogen and oxygen atoms in total. The van der Waals surface area contributed by atoms with E-state index in [-0.39, 0.29) is 24.5 Å². The molecule has 0 bridgehead atoms. The number of aromatic nitrogens is 2. The summed E-state index contributed by atoms with van der Waals surface area (Å²) in [6.07, 6.45) is 0.844. The number of hydrogen-bond acceptors (Lipinski definition) is 4. The molecular formula is C16H14F3N5O2. The van der Waals surface area contributed by atoms with Crippen LogP contribution in [0.5, 0.6) is 0 Å². The number of nitrogens with one attached hydrogen (secondary N) is 2. The summed E-state index contributed by atoms with van der Waals surface area (Å²) in [7, 11) is 0. The van der Waals surface area contributed by atoms with Crippen LogP contribution < -0.4 is 10.6 Å². The van der Waals surface area contributed by atoms with E-state index in [4.69, 9.17) is 0 Å². The minimum absolute atomic E-state index is 0.0517. The fraction of sp³-hybridized carbons (Fsp3) is 0.250. The Morgan fingerprint density at radius 1 is 1.38 bits per heavy atom. The van der Waals surface area contributed by atoms with Gasteiger partial charge in [-0.15, -0.1) is 0 Å². The zero-order valence-corrected chi connectivity index (χ0v) is 13.6. The van der Waals surface area contributed by atoms with Crippen LogP contribution in [0.1, 0.15) is 24.4 Å². The number of halogens is 3. The average Bonchev–Trinajstić information content (AvgIpc) is 2.55. The van der Waals surface area contributed by atoms with Crippen LogP contribution in [0.4, 0.5) is 23.7 Å².